The molecule has 2 rings (SSSR count). The molecule has 1 heterocycles. The molecule has 2 aromatic rings. The molecule has 0 aliphatic heterocycles. The smallest absolute Gasteiger partial charge is 0.243 e. The van der Waals surface area contributed by atoms with Crippen LogP contribution in [-0.4, -0.2) is 26.9 Å². The summed E-state index contributed by atoms with van der Waals surface area (Å²) in [5, 5.41) is 0. The van der Waals surface area contributed by atoms with E-state index in [1.165, 1.54) is 17.6 Å². The zero-order valence-electron chi connectivity index (χ0n) is 13.2. The van der Waals surface area contributed by atoms with Crippen molar-refractivity contribution in [3.8, 4) is 5.75 Å². The molecule has 0 bridgehead atoms. The first kappa shape index (κ1) is 16.6. The molecule has 0 saturated heterocycles. The van der Waals surface area contributed by atoms with E-state index in [4.69, 9.17) is 9.15 Å². The molecule has 0 unspecified atom stereocenters. The Morgan fingerprint density at radius 2 is 2.00 bits per heavy atom. The molecule has 6 heteroatoms. The normalized spacial score (nSPS) is 12.1. The Hall–Kier alpha value is -1.79. The molecule has 120 valence electrons. The molecule has 1 aromatic heterocycles. The number of hydrogen-bond donors (Lipinski definition) is 0. The van der Waals surface area contributed by atoms with Gasteiger partial charge in [-0.15, -0.1) is 0 Å². The molecule has 0 N–H and O–H groups in total. The van der Waals surface area contributed by atoms with Gasteiger partial charge in [-0.1, -0.05) is 13.8 Å². The van der Waals surface area contributed by atoms with Gasteiger partial charge in [0.05, 0.1) is 24.8 Å². The van der Waals surface area contributed by atoms with Crippen molar-refractivity contribution in [2.45, 2.75) is 31.2 Å². The van der Waals surface area contributed by atoms with Gasteiger partial charge in [0.1, 0.15) is 11.5 Å². The van der Waals surface area contributed by atoms with E-state index in [0.717, 1.165) is 5.56 Å². The zero-order chi connectivity index (χ0) is 16.3. The summed E-state index contributed by atoms with van der Waals surface area (Å²) in [6, 6.07) is 8.43. The van der Waals surface area contributed by atoms with Gasteiger partial charge in [-0.05, 0) is 41.8 Å². The second-order valence-electron chi connectivity index (χ2n) is 5.40. The molecule has 5 nitrogen and oxygen atoms in total. The lowest BCUT2D eigenvalue weighted by Crippen LogP contribution is -2.26. The molecule has 0 saturated carbocycles. The van der Waals surface area contributed by atoms with Gasteiger partial charge in [0.2, 0.25) is 10.0 Å². The topological polar surface area (TPSA) is 59.8 Å². The predicted octanol–water partition coefficient (Wildman–Crippen LogP) is 3.23. The van der Waals surface area contributed by atoms with Crippen LogP contribution in [0.4, 0.5) is 0 Å². The molecule has 0 amide bonds. The number of hydrogen-bond acceptors (Lipinski definition) is 4. The lowest BCUT2D eigenvalue weighted by molar-refractivity contribution is 0.403. The average molecular weight is 323 g/mol. The highest BCUT2D eigenvalue weighted by Gasteiger charge is 2.23. The van der Waals surface area contributed by atoms with Gasteiger partial charge in [-0.25, -0.2) is 8.42 Å². The molecule has 0 atom stereocenters. The van der Waals surface area contributed by atoms with Crippen LogP contribution in [0.2, 0.25) is 0 Å². The van der Waals surface area contributed by atoms with Crippen LogP contribution >= 0.6 is 0 Å². The third-order valence-corrected chi connectivity index (χ3v) is 5.29. The Morgan fingerprint density at radius 3 is 2.55 bits per heavy atom. The van der Waals surface area contributed by atoms with Crippen molar-refractivity contribution in [1.82, 2.24) is 4.31 Å². The fraction of sp³-hybridized carbons (Fsp3) is 0.375. The van der Waals surface area contributed by atoms with E-state index < -0.39 is 10.0 Å². The van der Waals surface area contributed by atoms with Crippen LogP contribution in [0, 0.1) is 0 Å². The number of ether oxygens (including phenoxy) is 1. The van der Waals surface area contributed by atoms with Gasteiger partial charge in [0, 0.05) is 7.05 Å². The highest BCUT2D eigenvalue weighted by molar-refractivity contribution is 7.89. The summed E-state index contributed by atoms with van der Waals surface area (Å²) in [4.78, 5) is 0.256. The van der Waals surface area contributed by atoms with Crippen LogP contribution < -0.4 is 4.74 Å². The minimum atomic E-state index is -3.58. The third kappa shape index (κ3) is 3.34. The van der Waals surface area contributed by atoms with Crippen molar-refractivity contribution in [2.75, 3.05) is 14.2 Å². The lowest BCUT2D eigenvalue weighted by atomic mass is 10.0. The minimum absolute atomic E-state index is 0.167. The Labute approximate surface area is 131 Å². The van der Waals surface area contributed by atoms with E-state index in [-0.39, 0.29) is 17.4 Å². The zero-order valence-corrected chi connectivity index (χ0v) is 14.1. The molecule has 22 heavy (non-hydrogen) atoms. The van der Waals surface area contributed by atoms with Crippen LogP contribution in [-0.2, 0) is 16.6 Å². The van der Waals surface area contributed by atoms with Crippen LogP contribution in [0.25, 0.3) is 0 Å². The molecule has 0 spiro atoms. The van der Waals surface area contributed by atoms with E-state index in [1.807, 2.05) is 13.8 Å². The summed E-state index contributed by atoms with van der Waals surface area (Å²) in [6.07, 6.45) is 1.53. The summed E-state index contributed by atoms with van der Waals surface area (Å²) in [7, 11) is -0.458. The van der Waals surface area contributed by atoms with Crippen LogP contribution in [0.3, 0.4) is 0 Å². The van der Waals surface area contributed by atoms with Crippen molar-refractivity contribution in [1.29, 1.82) is 0 Å². The van der Waals surface area contributed by atoms with E-state index in [2.05, 4.69) is 0 Å². The van der Waals surface area contributed by atoms with Gasteiger partial charge in [-0.3, -0.25) is 0 Å². The Morgan fingerprint density at radius 1 is 1.27 bits per heavy atom. The number of benzene rings is 1. The number of nitrogens with zero attached hydrogens (tertiary/aromatic N) is 1. The summed E-state index contributed by atoms with van der Waals surface area (Å²) in [5.74, 6) is 1.46. The maximum atomic E-state index is 12.7. The van der Waals surface area contributed by atoms with Gasteiger partial charge in [0.25, 0.3) is 0 Å². The molecule has 1 aromatic carbocycles. The second-order valence-corrected chi connectivity index (χ2v) is 7.44. The van der Waals surface area contributed by atoms with Gasteiger partial charge in [-0.2, -0.15) is 4.31 Å². The van der Waals surface area contributed by atoms with Gasteiger partial charge >= 0.3 is 0 Å². The van der Waals surface area contributed by atoms with Crippen LogP contribution in [0.15, 0.2) is 45.9 Å². The quantitative estimate of drug-likeness (QED) is 0.819. The Balaban J connectivity index is 2.34. The summed E-state index contributed by atoms with van der Waals surface area (Å²) >= 11 is 0. The number of methoxy groups -OCH3 is 1. The summed E-state index contributed by atoms with van der Waals surface area (Å²) < 4.78 is 37.1. The largest absolute Gasteiger partial charge is 0.496 e. The third-order valence-electron chi connectivity index (χ3n) is 3.49. The van der Waals surface area contributed by atoms with Crippen molar-refractivity contribution >= 4 is 10.0 Å². The van der Waals surface area contributed by atoms with Gasteiger partial charge in [0.15, 0.2) is 0 Å². The monoisotopic (exact) mass is 323 g/mol. The number of furan rings is 1. The first-order chi connectivity index (χ1) is 10.4. The van der Waals surface area contributed by atoms with Crippen LogP contribution in [0.1, 0.15) is 31.1 Å². The molecule has 0 aliphatic rings. The fourth-order valence-corrected chi connectivity index (χ4v) is 3.38. The van der Waals surface area contributed by atoms with E-state index >= 15 is 0 Å². The fourth-order valence-electron chi connectivity index (χ4n) is 2.21. The molecule has 0 fully saturated rings. The SMILES string of the molecule is COc1ccc(S(=O)(=O)N(C)Cc2ccco2)cc1C(C)C. The molecule has 0 aliphatic carbocycles. The van der Waals surface area contributed by atoms with E-state index in [1.54, 1.807) is 37.4 Å². The minimum Gasteiger partial charge on any atom is -0.496 e. The summed E-state index contributed by atoms with van der Waals surface area (Å²) in [6.45, 7) is 4.19. The predicted molar refractivity (Wildman–Crippen MR) is 84.4 cm³/mol. The first-order valence-corrected chi connectivity index (χ1v) is 8.47. The molecule has 0 radical (unpaired) electrons. The van der Waals surface area contributed by atoms with Crippen molar-refractivity contribution in [3.05, 3.63) is 47.9 Å². The van der Waals surface area contributed by atoms with Crippen molar-refractivity contribution < 1.29 is 17.6 Å². The highest BCUT2D eigenvalue weighted by Crippen LogP contribution is 2.30. The van der Waals surface area contributed by atoms with Crippen molar-refractivity contribution in [3.63, 3.8) is 0 Å². The van der Waals surface area contributed by atoms with Gasteiger partial charge < -0.3 is 9.15 Å². The maximum Gasteiger partial charge on any atom is 0.243 e. The maximum absolute atomic E-state index is 12.7. The molecular formula is C16H21NO4S. The summed E-state index contributed by atoms with van der Waals surface area (Å²) in [5.41, 5.74) is 0.870. The van der Waals surface area contributed by atoms with Crippen molar-refractivity contribution in [2.24, 2.45) is 0 Å². The van der Waals surface area contributed by atoms with E-state index in [0.29, 0.717) is 11.5 Å². The first-order valence-electron chi connectivity index (χ1n) is 7.03. The highest BCUT2D eigenvalue weighted by atomic mass is 32.2. The average Bonchev–Trinajstić information content (AvgIpc) is 2.99. The standard InChI is InChI=1S/C16H21NO4S/c1-12(2)15-10-14(7-8-16(15)20-4)22(18,19)17(3)11-13-6-5-9-21-13/h5-10,12H,11H2,1-4H3. The molecular weight excluding hydrogens is 302 g/mol. The lowest BCUT2D eigenvalue weighted by Gasteiger charge is -2.18. The second kappa shape index (κ2) is 6.54. The van der Waals surface area contributed by atoms with Crippen LogP contribution in [0.5, 0.6) is 5.75 Å². The number of sulfonamides is 1. The van der Waals surface area contributed by atoms with E-state index in [9.17, 15) is 8.42 Å². The Bertz CT molecular complexity index is 721. The Kier molecular flexibility index (Phi) is 4.93. The number of rotatable bonds is 6.